The fraction of sp³-hybridized carbons (Fsp3) is 0.231. The van der Waals surface area contributed by atoms with Crippen LogP contribution in [0.4, 0.5) is 5.69 Å². The van der Waals surface area contributed by atoms with E-state index >= 15 is 0 Å². The fourth-order valence-corrected chi connectivity index (χ4v) is 1.46. The summed E-state index contributed by atoms with van der Waals surface area (Å²) in [4.78, 5) is 0. The summed E-state index contributed by atoms with van der Waals surface area (Å²) in [6.07, 6.45) is 1.70. The average molecular weight is 242 g/mol. The lowest BCUT2D eigenvalue weighted by atomic mass is 10.3. The second kappa shape index (κ2) is 5.84. The molecule has 1 aromatic heterocycles. The zero-order valence-corrected chi connectivity index (χ0v) is 10.1. The van der Waals surface area contributed by atoms with Crippen LogP contribution in [-0.2, 0) is 6.61 Å². The van der Waals surface area contributed by atoms with Gasteiger partial charge in [-0.15, -0.1) is 11.0 Å². The SMILES string of the molecule is CC#CCNc1ccc(-n2cc(CO)nn2)cc1. The van der Waals surface area contributed by atoms with Gasteiger partial charge < -0.3 is 10.4 Å². The molecule has 5 nitrogen and oxygen atoms in total. The third kappa shape index (κ3) is 2.87. The van der Waals surface area contributed by atoms with Crippen LogP contribution in [0.5, 0.6) is 0 Å². The van der Waals surface area contributed by atoms with E-state index in [4.69, 9.17) is 5.11 Å². The highest BCUT2D eigenvalue weighted by Gasteiger charge is 2.01. The lowest BCUT2D eigenvalue weighted by molar-refractivity contribution is 0.276. The van der Waals surface area contributed by atoms with E-state index in [2.05, 4.69) is 27.5 Å². The fourth-order valence-electron chi connectivity index (χ4n) is 1.46. The molecule has 92 valence electrons. The molecule has 5 heteroatoms. The molecule has 1 aromatic carbocycles. The van der Waals surface area contributed by atoms with E-state index in [0.717, 1.165) is 11.4 Å². The van der Waals surface area contributed by atoms with Crippen molar-refractivity contribution in [3.63, 3.8) is 0 Å². The summed E-state index contributed by atoms with van der Waals surface area (Å²) in [7, 11) is 0. The lowest BCUT2D eigenvalue weighted by Gasteiger charge is -2.04. The Morgan fingerprint density at radius 2 is 2.11 bits per heavy atom. The van der Waals surface area contributed by atoms with Crippen LogP contribution >= 0.6 is 0 Å². The highest BCUT2D eigenvalue weighted by molar-refractivity contribution is 5.49. The van der Waals surface area contributed by atoms with E-state index in [1.54, 1.807) is 10.9 Å². The molecule has 2 rings (SSSR count). The summed E-state index contributed by atoms with van der Waals surface area (Å²) in [5.74, 6) is 5.76. The Morgan fingerprint density at radius 1 is 1.33 bits per heavy atom. The second-order valence-corrected chi connectivity index (χ2v) is 3.64. The summed E-state index contributed by atoms with van der Waals surface area (Å²) in [6.45, 7) is 2.34. The molecule has 18 heavy (non-hydrogen) atoms. The molecule has 0 atom stereocenters. The Bertz CT molecular complexity index is 563. The first-order valence-corrected chi connectivity index (χ1v) is 5.59. The van der Waals surface area contributed by atoms with Crippen LogP contribution in [0.1, 0.15) is 12.6 Å². The number of nitrogens with zero attached hydrogens (tertiary/aromatic N) is 3. The van der Waals surface area contributed by atoms with Crippen molar-refractivity contribution in [2.24, 2.45) is 0 Å². The maximum absolute atomic E-state index is 8.92. The van der Waals surface area contributed by atoms with Crippen molar-refractivity contribution < 1.29 is 5.11 Å². The molecule has 0 aliphatic rings. The maximum atomic E-state index is 8.92. The molecule has 0 amide bonds. The van der Waals surface area contributed by atoms with Gasteiger partial charge in [0.25, 0.3) is 0 Å². The molecule has 0 aliphatic carbocycles. The molecule has 0 aliphatic heterocycles. The van der Waals surface area contributed by atoms with Gasteiger partial charge >= 0.3 is 0 Å². The highest BCUT2D eigenvalue weighted by atomic mass is 16.3. The minimum absolute atomic E-state index is 0.102. The molecule has 0 spiro atoms. The van der Waals surface area contributed by atoms with Gasteiger partial charge in [0.15, 0.2) is 0 Å². The van der Waals surface area contributed by atoms with Crippen molar-refractivity contribution in [2.45, 2.75) is 13.5 Å². The zero-order chi connectivity index (χ0) is 12.8. The number of aromatic nitrogens is 3. The predicted octanol–water partition coefficient (Wildman–Crippen LogP) is 1.19. The van der Waals surface area contributed by atoms with Gasteiger partial charge in [-0.25, -0.2) is 4.68 Å². The largest absolute Gasteiger partial charge is 0.390 e. The standard InChI is InChI=1S/C13H14N4O/c1-2-3-8-14-11-4-6-13(7-5-11)17-9-12(10-18)15-16-17/h4-7,9,14,18H,8,10H2,1H3. The van der Waals surface area contributed by atoms with Gasteiger partial charge in [-0.3, -0.25) is 0 Å². The van der Waals surface area contributed by atoms with Crippen LogP contribution in [0.2, 0.25) is 0 Å². The molecule has 0 saturated heterocycles. The summed E-state index contributed by atoms with van der Waals surface area (Å²) < 4.78 is 1.63. The quantitative estimate of drug-likeness (QED) is 0.791. The number of hydrogen-bond acceptors (Lipinski definition) is 4. The van der Waals surface area contributed by atoms with E-state index < -0.39 is 0 Å². The zero-order valence-electron chi connectivity index (χ0n) is 10.1. The number of rotatable bonds is 4. The van der Waals surface area contributed by atoms with Crippen LogP contribution in [-0.4, -0.2) is 26.6 Å². The minimum atomic E-state index is -0.102. The summed E-state index contributed by atoms with van der Waals surface area (Å²) in [6, 6.07) is 7.76. The number of benzene rings is 1. The third-order valence-electron chi connectivity index (χ3n) is 2.39. The van der Waals surface area contributed by atoms with Gasteiger partial charge in [0.1, 0.15) is 5.69 Å². The minimum Gasteiger partial charge on any atom is -0.390 e. The van der Waals surface area contributed by atoms with Crippen LogP contribution in [0, 0.1) is 11.8 Å². The van der Waals surface area contributed by atoms with Crippen molar-refractivity contribution in [1.29, 1.82) is 0 Å². The maximum Gasteiger partial charge on any atom is 0.109 e. The van der Waals surface area contributed by atoms with Gasteiger partial charge in [-0.05, 0) is 31.2 Å². The number of aliphatic hydroxyl groups excluding tert-OH is 1. The van der Waals surface area contributed by atoms with Crippen LogP contribution in [0.25, 0.3) is 5.69 Å². The first kappa shape index (κ1) is 12.1. The van der Waals surface area contributed by atoms with Crippen molar-refractivity contribution in [3.05, 3.63) is 36.2 Å². The molecule has 0 saturated carbocycles. The van der Waals surface area contributed by atoms with Crippen LogP contribution in [0.3, 0.4) is 0 Å². The first-order valence-electron chi connectivity index (χ1n) is 5.59. The van der Waals surface area contributed by atoms with Gasteiger partial charge in [0.05, 0.1) is 25.0 Å². The Balaban J connectivity index is 2.08. The van der Waals surface area contributed by atoms with E-state index in [0.29, 0.717) is 12.2 Å². The van der Waals surface area contributed by atoms with Gasteiger partial charge in [-0.1, -0.05) is 11.1 Å². The average Bonchev–Trinajstić information content (AvgIpc) is 2.89. The molecule has 1 heterocycles. The van der Waals surface area contributed by atoms with Crippen molar-refractivity contribution in [3.8, 4) is 17.5 Å². The molecule has 0 fully saturated rings. The Morgan fingerprint density at radius 3 is 2.72 bits per heavy atom. The van der Waals surface area contributed by atoms with E-state index in [1.807, 2.05) is 31.2 Å². The van der Waals surface area contributed by atoms with Crippen molar-refractivity contribution in [2.75, 3.05) is 11.9 Å². The number of hydrogen-bond donors (Lipinski definition) is 2. The smallest absolute Gasteiger partial charge is 0.109 e. The highest BCUT2D eigenvalue weighted by Crippen LogP contribution is 2.12. The van der Waals surface area contributed by atoms with E-state index in [1.165, 1.54) is 0 Å². The molecule has 0 bridgehead atoms. The number of anilines is 1. The van der Waals surface area contributed by atoms with Gasteiger partial charge in [0.2, 0.25) is 0 Å². The lowest BCUT2D eigenvalue weighted by Crippen LogP contribution is -1.99. The molecule has 0 radical (unpaired) electrons. The van der Waals surface area contributed by atoms with Crippen LogP contribution < -0.4 is 5.32 Å². The van der Waals surface area contributed by atoms with Gasteiger partial charge in [-0.2, -0.15) is 0 Å². The Labute approximate surface area is 105 Å². The summed E-state index contributed by atoms with van der Waals surface area (Å²) >= 11 is 0. The Hall–Kier alpha value is -2.32. The van der Waals surface area contributed by atoms with Crippen molar-refractivity contribution >= 4 is 5.69 Å². The number of aliphatic hydroxyl groups is 1. The monoisotopic (exact) mass is 242 g/mol. The molecular weight excluding hydrogens is 228 g/mol. The van der Waals surface area contributed by atoms with E-state index in [-0.39, 0.29) is 6.61 Å². The summed E-state index contributed by atoms with van der Waals surface area (Å²) in [5.41, 5.74) is 2.45. The molecular formula is C13H14N4O. The molecule has 2 aromatic rings. The summed E-state index contributed by atoms with van der Waals surface area (Å²) in [5, 5.41) is 19.9. The third-order valence-corrected chi connectivity index (χ3v) is 2.39. The second-order valence-electron chi connectivity index (χ2n) is 3.64. The van der Waals surface area contributed by atoms with Gasteiger partial charge in [0, 0.05) is 5.69 Å². The predicted molar refractivity (Wildman–Crippen MR) is 69.2 cm³/mol. The Kier molecular flexibility index (Phi) is 3.94. The molecule has 2 N–H and O–H groups in total. The van der Waals surface area contributed by atoms with Crippen LogP contribution in [0.15, 0.2) is 30.5 Å². The normalized spacial score (nSPS) is 9.67. The molecule has 0 unspecified atom stereocenters. The topological polar surface area (TPSA) is 63.0 Å². The van der Waals surface area contributed by atoms with E-state index in [9.17, 15) is 0 Å². The number of nitrogens with one attached hydrogen (secondary N) is 1. The first-order chi connectivity index (χ1) is 8.83. The van der Waals surface area contributed by atoms with Crippen molar-refractivity contribution in [1.82, 2.24) is 15.0 Å².